The highest BCUT2D eigenvalue weighted by Crippen LogP contribution is 2.46. The first-order valence-corrected chi connectivity index (χ1v) is 8.75. The van der Waals surface area contributed by atoms with Crippen molar-refractivity contribution >= 4 is 10.0 Å². The van der Waals surface area contributed by atoms with Gasteiger partial charge >= 0.3 is 0 Å². The van der Waals surface area contributed by atoms with Gasteiger partial charge in [-0.2, -0.15) is 4.31 Å². The minimum absolute atomic E-state index is 0.00431. The van der Waals surface area contributed by atoms with Crippen LogP contribution in [0.1, 0.15) is 38.5 Å². The van der Waals surface area contributed by atoms with Crippen molar-refractivity contribution in [3.05, 3.63) is 24.3 Å². The van der Waals surface area contributed by atoms with Crippen LogP contribution in [0.4, 0.5) is 0 Å². The molecule has 0 aromatic heterocycles. The minimum atomic E-state index is -3.46. The summed E-state index contributed by atoms with van der Waals surface area (Å²) in [7, 11) is -3.46. The first-order chi connectivity index (χ1) is 9.52. The average molecular weight is 295 g/mol. The molecular formula is C15H21NO3S. The van der Waals surface area contributed by atoms with Crippen LogP contribution in [0.15, 0.2) is 29.2 Å². The van der Waals surface area contributed by atoms with E-state index in [1.165, 1.54) is 37.8 Å². The molecule has 1 spiro atoms. The summed E-state index contributed by atoms with van der Waals surface area (Å²) >= 11 is 0. The lowest BCUT2D eigenvalue weighted by Gasteiger charge is -2.38. The summed E-state index contributed by atoms with van der Waals surface area (Å²) in [5, 5.41) is 9.46. The maximum atomic E-state index is 12.6. The monoisotopic (exact) mass is 295 g/mol. The Morgan fingerprint density at radius 3 is 2.30 bits per heavy atom. The molecule has 5 heteroatoms. The maximum absolute atomic E-state index is 12.6. The molecule has 0 bridgehead atoms. The van der Waals surface area contributed by atoms with E-state index in [9.17, 15) is 13.5 Å². The number of hydrogen-bond acceptors (Lipinski definition) is 3. The van der Waals surface area contributed by atoms with Gasteiger partial charge in [-0.15, -0.1) is 0 Å². The quantitative estimate of drug-likeness (QED) is 0.912. The van der Waals surface area contributed by atoms with Crippen molar-refractivity contribution < 1.29 is 13.5 Å². The molecule has 4 nitrogen and oxygen atoms in total. The predicted octanol–water partition coefficient (Wildman–Crippen LogP) is 2.74. The molecule has 2 fully saturated rings. The number of rotatable bonds is 2. The molecule has 1 saturated carbocycles. The summed E-state index contributed by atoms with van der Waals surface area (Å²) in [4.78, 5) is 0.194. The molecule has 1 aliphatic carbocycles. The summed E-state index contributed by atoms with van der Waals surface area (Å²) in [5.74, 6) is -0.00431. The number of piperidine rings is 1. The van der Waals surface area contributed by atoms with E-state index >= 15 is 0 Å². The van der Waals surface area contributed by atoms with Crippen molar-refractivity contribution in [1.29, 1.82) is 0 Å². The third kappa shape index (κ3) is 2.44. The van der Waals surface area contributed by atoms with Gasteiger partial charge in [0, 0.05) is 13.1 Å². The summed E-state index contributed by atoms with van der Waals surface area (Å²) in [6.07, 6.45) is 7.05. The van der Waals surface area contributed by atoms with Gasteiger partial charge in [-0.3, -0.25) is 0 Å². The third-order valence-corrected chi connectivity index (χ3v) is 6.80. The topological polar surface area (TPSA) is 57.6 Å². The Kier molecular flexibility index (Phi) is 3.50. The molecule has 1 aliphatic heterocycles. The lowest BCUT2D eigenvalue weighted by Crippen LogP contribution is -2.42. The van der Waals surface area contributed by atoms with Gasteiger partial charge in [0.1, 0.15) is 5.75 Å². The van der Waals surface area contributed by atoms with E-state index in [1.54, 1.807) is 16.4 Å². The van der Waals surface area contributed by atoms with Crippen molar-refractivity contribution in [2.45, 2.75) is 43.4 Å². The van der Waals surface area contributed by atoms with Crippen molar-refractivity contribution in [1.82, 2.24) is 4.31 Å². The molecule has 1 aromatic carbocycles. The smallest absolute Gasteiger partial charge is 0.243 e. The van der Waals surface area contributed by atoms with Gasteiger partial charge in [-0.05, 0) is 49.3 Å². The number of nitrogens with zero attached hydrogens (tertiary/aromatic N) is 1. The molecule has 0 amide bonds. The van der Waals surface area contributed by atoms with Crippen LogP contribution in [-0.4, -0.2) is 30.9 Å². The second-order valence-corrected chi connectivity index (χ2v) is 8.05. The molecule has 3 rings (SSSR count). The summed E-state index contributed by atoms with van der Waals surface area (Å²) < 4.78 is 26.7. The fourth-order valence-corrected chi connectivity index (χ4v) is 5.10. The highest BCUT2D eigenvalue weighted by atomic mass is 32.2. The number of benzene rings is 1. The fraction of sp³-hybridized carbons (Fsp3) is 0.600. The Morgan fingerprint density at radius 1 is 1.05 bits per heavy atom. The van der Waals surface area contributed by atoms with E-state index in [4.69, 9.17) is 0 Å². The molecule has 0 unspecified atom stereocenters. The summed E-state index contributed by atoms with van der Waals surface area (Å²) in [6.45, 7) is 1.22. The number of hydrogen-bond donors (Lipinski definition) is 1. The predicted molar refractivity (Wildman–Crippen MR) is 77.0 cm³/mol. The van der Waals surface area contributed by atoms with E-state index < -0.39 is 10.0 Å². The zero-order valence-electron chi connectivity index (χ0n) is 11.6. The highest BCUT2D eigenvalue weighted by molar-refractivity contribution is 7.89. The molecule has 110 valence electrons. The van der Waals surface area contributed by atoms with Crippen LogP contribution in [0.25, 0.3) is 0 Å². The number of aromatic hydroxyl groups is 1. The van der Waals surface area contributed by atoms with E-state index in [1.807, 2.05) is 0 Å². The molecule has 20 heavy (non-hydrogen) atoms. The Bertz CT molecular complexity index is 581. The van der Waals surface area contributed by atoms with Crippen LogP contribution in [0.2, 0.25) is 0 Å². The molecule has 1 heterocycles. The van der Waals surface area contributed by atoms with Crippen molar-refractivity contribution in [3.8, 4) is 5.75 Å². The average Bonchev–Trinajstić information content (AvgIpc) is 2.87. The standard InChI is InChI=1S/C15H21NO3S/c17-13-4-3-5-14(12-13)20(18,19)16-10-8-15(9-11-16)6-1-2-7-15/h3-5,12,17H,1-2,6-11H2. The Balaban J connectivity index is 1.77. The van der Waals surface area contributed by atoms with Crippen molar-refractivity contribution in [3.63, 3.8) is 0 Å². The van der Waals surface area contributed by atoms with Gasteiger partial charge in [-0.25, -0.2) is 8.42 Å². The Morgan fingerprint density at radius 2 is 1.70 bits per heavy atom. The minimum Gasteiger partial charge on any atom is -0.508 e. The second kappa shape index (κ2) is 5.04. The van der Waals surface area contributed by atoms with E-state index in [2.05, 4.69) is 0 Å². The second-order valence-electron chi connectivity index (χ2n) is 6.11. The van der Waals surface area contributed by atoms with Gasteiger partial charge in [0.25, 0.3) is 0 Å². The zero-order chi connectivity index (χ0) is 14.2. The lowest BCUT2D eigenvalue weighted by atomic mass is 9.78. The number of phenols is 1. The van der Waals surface area contributed by atoms with Crippen LogP contribution in [0.3, 0.4) is 0 Å². The van der Waals surface area contributed by atoms with Gasteiger partial charge in [0.15, 0.2) is 0 Å². The van der Waals surface area contributed by atoms with Gasteiger partial charge in [0.05, 0.1) is 4.90 Å². The van der Waals surface area contributed by atoms with Gasteiger partial charge in [0.2, 0.25) is 10.0 Å². The van der Waals surface area contributed by atoms with Crippen molar-refractivity contribution in [2.75, 3.05) is 13.1 Å². The van der Waals surface area contributed by atoms with E-state index in [0.29, 0.717) is 18.5 Å². The van der Waals surface area contributed by atoms with Crippen LogP contribution >= 0.6 is 0 Å². The lowest BCUT2D eigenvalue weighted by molar-refractivity contribution is 0.160. The van der Waals surface area contributed by atoms with Crippen LogP contribution < -0.4 is 0 Å². The Labute approximate surface area is 120 Å². The Hall–Kier alpha value is -1.07. The maximum Gasteiger partial charge on any atom is 0.243 e. The SMILES string of the molecule is O=S(=O)(c1cccc(O)c1)N1CCC2(CCCC2)CC1. The van der Waals surface area contributed by atoms with Gasteiger partial charge < -0.3 is 5.11 Å². The molecule has 0 atom stereocenters. The van der Waals surface area contributed by atoms with Crippen LogP contribution in [0, 0.1) is 5.41 Å². The number of sulfonamides is 1. The van der Waals surface area contributed by atoms with Gasteiger partial charge in [-0.1, -0.05) is 18.9 Å². The summed E-state index contributed by atoms with van der Waals surface area (Å²) in [6, 6.07) is 5.94. The van der Waals surface area contributed by atoms with Crippen LogP contribution in [0.5, 0.6) is 5.75 Å². The fourth-order valence-electron chi connectivity index (χ4n) is 3.62. The largest absolute Gasteiger partial charge is 0.508 e. The van der Waals surface area contributed by atoms with Crippen LogP contribution in [-0.2, 0) is 10.0 Å². The summed E-state index contributed by atoms with van der Waals surface area (Å²) in [5.41, 5.74) is 0.408. The third-order valence-electron chi connectivity index (χ3n) is 4.90. The number of phenolic OH excluding ortho intramolecular Hbond substituents is 1. The van der Waals surface area contributed by atoms with E-state index in [0.717, 1.165) is 12.8 Å². The molecule has 1 aromatic rings. The highest BCUT2D eigenvalue weighted by Gasteiger charge is 2.40. The first-order valence-electron chi connectivity index (χ1n) is 7.31. The van der Waals surface area contributed by atoms with Crippen molar-refractivity contribution in [2.24, 2.45) is 5.41 Å². The molecular weight excluding hydrogens is 274 g/mol. The normalized spacial score (nSPS) is 23.2. The van der Waals surface area contributed by atoms with E-state index in [-0.39, 0.29) is 10.6 Å². The molecule has 1 N–H and O–H groups in total. The molecule has 1 saturated heterocycles. The zero-order valence-corrected chi connectivity index (χ0v) is 12.4. The molecule has 2 aliphatic rings. The molecule has 0 radical (unpaired) electrons. The first kappa shape index (κ1) is 13.9.